The first-order valence-electron chi connectivity index (χ1n) is 15.5. The molecule has 1 spiro atoms. The molecular weight excluding hydrogens is 544 g/mol. The van der Waals surface area contributed by atoms with Crippen molar-refractivity contribution >= 4 is 35.0 Å². The number of benzene rings is 1. The number of methoxy groups -OCH3 is 1. The number of carbonyl (C=O) groups is 2. The standard InChI is InChI=1S/C32H46N8O3/c1-30(2)18-39(19-31(3,4)38(30)6)36-27(41)21-12-13-23(25(16-21)43-7)34-29-33-17-24-26(35-29)40(22-10-8-9-11-22)20-32(14-15-32)28(42)37(24)5/h12-13,16-17,22H,8-11,14-15,18-20H2,1-7H3,(H,36,41)(H,33,34,35). The molecule has 1 aromatic carbocycles. The van der Waals surface area contributed by atoms with Crippen LogP contribution in [0.25, 0.3) is 0 Å². The average Bonchev–Trinajstić information content (AvgIpc) is 3.57. The van der Waals surface area contributed by atoms with Crippen molar-refractivity contribution in [3.8, 4) is 5.75 Å². The van der Waals surface area contributed by atoms with Gasteiger partial charge >= 0.3 is 0 Å². The topological polar surface area (TPSA) is 106 Å². The molecule has 1 saturated heterocycles. The van der Waals surface area contributed by atoms with Crippen molar-refractivity contribution < 1.29 is 14.3 Å². The van der Waals surface area contributed by atoms with Crippen LogP contribution >= 0.6 is 0 Å². The molecule has 2 aliphatic heterocycles. The lowest BCUT2D eigenvalue weighted by Crippen LogP contribution is -2.69. The highest BCUT2D eigenvalue weighted by molar-refractivity contribution is 6.03. The van der Waals surface area contributed by atoms with Gasteiger partial charge in [0.2, 0.25) is 11.9 Å². The largest absolute Gasteiger partial charge is 0.495 e. The third-order valence-electron chi connectivity index (χ3n) is 10.2. The lowest BCUT2D eigenvalue weighted by molar-refractivity contribution is -0.122. The number of hydrazine groups is 1. The Hall–Kier alpha value is -3.44. The summed E-state index contributed by atoms with van der Waals surface area (Å²) in [6.07, 6.45) is 8.22. The highest BCUT2D eigenvalue weighted by atomic mass is 16.5. The normalized spacial score (nSPS) is 23.2. The van der Waals surface area contributed by atoms with E-state index < -0.39 is 0 Å². The smallest absolute Gasteiger partial charge is 0.265 e. The fourth-order valence-corrected chi connectivity index (χ4v) is 7.21. The maximum absolute atomic E-state index is 13.4. The third-order valence-corrected chi connectivity index (χ3v) is 10.2. The minimum Gasteiger partial charge on any atom is -0.495 e. The second-order valence-corrected chi connectivity index (χ2v) is 14.1. The molecule has 2 saturated carbocycles. The number of likely N-dealkylation sites (N-methyl/N-ethyl adjacent to an activating group) is 1. The molecule has 2 aromatic rings. The number of hydrogen-bond acceptors (Lipinski definition) is 9. The Bertz CT molecular complexity index is 1400. The van der Waals surface area contributed by atoms with Crippen molar-refractivity contribution in [1.29, 1.82) is 0 Å². The van der Waals surface area contributed by atoms with E-state index in [0.717, 1.165) is 37.2 Å². The van der Waals surface area contributed by atoms with Crippen LogP contribution in [0.4, 0.5) is 23.1 Å². The van der Waals surface area contributed by atoms with Crippen LogP contribution in [0, 0.1) is 5.41 Å². The molecule has 4 aliphatic rings. The number of piperazine rings is 1. The SMILES string of the molecule is COc1cc(C(=O)NN2CC(C)(C)N(C)C(C)(C)C2)ccc1Nc1ncc2c(n1)N(C1CCCC1)CC1(CC1)C(=O)N2C. The Balaban J connectivity index is 1.23. The number of amides is 2. The summed E-state index contributed by atoms with van der Waals surface area (Å²) in [5.74, 6) is 1.72. The first-order valence-corrected chi connectivity index (χ1v) is 15.5. The van der Waals surface area contributed by atoms with Gasteiger partial charge in [0.1, 0.15) is 11.4 Å². The van der Waals surface area contributed by atoms with Gasteiger partial charge in [-0.3, -0.25) is 19.9 Å². The molecule has 0 radical (unpaired) electrons. The first kappa shape index (κ1) is 29.6. The monoisotopic (exact) mass is 590 g/mol. The molecule has 0 bridgehead atoms. The summed E-state index contributed by atoms with van der Waals surface area (Å²) in [4.78, 5) is 42.8. The van der Waals surface area contributed by atoms with Gasteiger partial charge in [-0.2, -0.15) is 4.98 Å². The maximum Gasteiger partial charge on any atom is 0.265 e. The Morgan fingerprint density at radius 2 is 1.70 bits per heavy atom. The quantitative estimate of drug-likeness (QED) is 0.513. The van der Waals surface area contributed by atoms with E-state index in [1.54, 1.807) is 30.3 Å². The molecule has 1 aromatic heterocycles. The number of ether oxygens (including phenoxy) is 1. The highest BCUT2D eigenvalue weighted by Gasteiger charge is 2.55. The van der Waals surface area contributed by atoms with Crippen molar-refractivity contribution in [2.45, 2.75) is 83.3 Å². The van der Waals surface area contributed by atoms with E-state index in [2.05, 4.69) is 60.3 Å². The van der Waals surface area contributed by atoms with E-state index in [1.807, 2.05) is 18.1 Å². The van der Waals surface area contributed by atoms with Crippen molar-refractivity contribution in [1.82, 2.24) is 25.3 Å². The summed E-state index contributed by atoms with van der Waals surface area (Å²) in [5.41, 5.74) is 4.52. The van der Waals surface area contributed by atoms with Gasteiger partial charge in [-0.25, -0.2) is 9.99 Å². The highest BCUT2D eigenvalue weighted by Crippen LogP contribution is 2.52. The third kappa shape index (κ3) is 5.42. The minimum absolute atomic E-state index is 0.0942. The van der Waals surface area contributed by atoms with E-state index in [9.17, 15) is 9.59 Å². The number of nitrogens with zero attached hydrogens (tertiary/aromatic N) is 6. The van der Waals surface area contributed by atoms with E-state index in [0.29, 0.717) is 48.6 Å². The molecule has 232 valence electrons. The summed E-state index contributed by atoms with van der Waals surface area (Å²) in [7, 11) is 5.56. The molecule has 11 nitrogen and oxygen atoms in total. The fourth-order valence-electron chi connectivity index (χ4n) is 7.21. The number of anilines is 4. The number of fused-ring (bicyclic) bond motifs is 1. The molecule has 0 atom stereocenters. The van der Waals surface area contributed by atoms with Crippen LogP contribution in [0.1, 0.15) is 76.6 Å². The van der Waals surface area contributed by atoms with E-state index in [4.69, 9.17) is 9.72 Å². The Labute approximate surface area is 254 Å². The fraction of sp³-hybridized carbons (Fsp3) is 0.625. The van der Waals surface area contributed by atoms with Crippen molar-refractivity contribution in [3.05, 3.63) is 30.0 Å². The van der Waals surface area contributed by atoms with Gasteiger partial charge in [0.25, 0.3) is 5.91 Å². The zero-order chi connectivity index (χ0) is 30.7. The number of aromatic nitrogens is 2. The maximum atomic E-state index is 13.4. The molecule has 3 fully saturated rings. The predicted octanol–water partition coefficient (Wildman–Crippen LogP) is 4.18. The predicted molar refractivity (Wildman–Crippen MR) is 168 cm³/mol. The lowest BCUT2D eigenvalue weighted by atomic mass is 9.89. The van der Waals surface area contributed by atoms with Gasteiger partial charge in [0.15, 0.2) is 5.82 Å². The lowest BCUT2D eigenvalue weighted by Gasteiger charge is -2.54. The zero-order valence-electron chi connectivity index (χ0n) is 26.7. The molecule has 2 aliphatic carbocycles. The number of hydrogen-bond donors (Lipinski definition) is 2. The molecule has 3 heterocycles. The van der Waals surface area contributed by atoms with Crippen LogP contribution in [0.5, 0.6) is 5.75 Å². The van der Waals surface area contributed by atoms with Crippen molar-refractivity contribution in [2.75, 3.05) is 56.0 Å². The van der Waals surface area contributed by atoms with E-state index >= 15 is 0 Å². The molecule has 6 rings (SSSR count). The van der Waals surface area contributed by atoms with Crippen LogP contribution in [0.15, 0.2) is 24.4 Å². The van der Waals surface area contributed by atoms with Crippen LogP contribution in [-0.4, -0.2) is 89.7 Å². The molecule has 11 heteroatoms. The van der Waals surface area contributed by atoms with Gasteiger partial charge in [0, 0.05) is 49.4 Å². The molecule has 43 heavy (non-hydrogen) atoms. The number of rotatable bonds is 6. The number of nitrogens with one attached hydrogen (secondary N) is 2. The van der Waals surface area contributed by atoms with Gasteiger partial charge < -0.3 is 19.9 Å². The molecule has 2 N–H and O–H groups in total. The molecule has 2 amide bonds. The Morgan fingerprint density at radius 1 is 1.02 bits per heavy atom. The number of carbonyl (C=O) groups excluding carboxylic acids is 2. The van der Waals surface area contributed by atoms with E-state index in [-0.39, 0.29) is 28.3 Å². The molecule has 0 unspecified atom stereocenters. The summed E-state index contributed by atoms with van der Waals surface area (Å²) >= 11 is 0. The second kappa shape index (κ2) is 10.6. The Morgan fingerprint density at radius 3 is 2.33 bits per heavy atom. The second-order valence-electron chi connectivity index (χ2n) is 14.1. The zero-order valence-corrected chi connectivity index (χ0v) is 26.7. The average molecular weight is 591 g/mol. The summed E-state index contributed by atoms with van der Waals surface area (Å²) in [5, 5.41) is 5.32. The van der Waals surface area contributed by atoms with Crippen LogP contribution in [0.2, 0.25) is 0 Å². The minimum atomic E-state index is -0.305. The van der Waals surface area contributed by atoms with Gasteiger partial charge in [0.05, 0.1) is 24.4 Å². The first-order chi connectivity index (χ1) is 20.3. The van der Waals surface area contributed by atoms with Gasteiger partial charge in [-0.1, -0.05) is 12.8 Å². The summed E-state index contributed by atoms with van der Waals surface area (Å²) in [6, 6.07) is 5.72. The van der Waals surface area contributed by atoms with Crippen LogP contribution in [0.3, 0.4) is 0 Å². The Kier molecular flexibility index (Phi) is 7.32. The molecular formula is C32H46N8O3. The van der Waals surface area contributed by atoms with Gasteiger partial charge in [-0.15, -0.1) is 0 Å². The van der Waals surface area contributed by atoms with E-state index in [1.165, 1.54) is 12.8 Å². The van der Waals surface area contributed by atoms with Crippen molar-refractivity contribution in [3.63, 3.8) is 0 Å². The van der Waals surface area contributed by atoms with Crippen LogP contribution in [-0.2, 0) is 4.79 Å². The summed E-state index contributed by atoms with van der Waals surface area (Å²) in [6.45, 7) is 10.9. The van der Waals surface area contributed by atoms with Gasteiger partial charge in [-0.05, 0) is 78.6 Å². The van der Waals surface area contributed by atoms with Crippen LogP contribution < -0.4 is 25.3 Å². The summed E-state index contributed by atoms with van der Waals surface area (Å²) < 4.78 is 5.70. The van der Waals surface area contributed by atoms with Crippen molar-refractivity contribution in [2.24, 2.45) is 5.41 Å².